The zero-order chi connectivity index (χ0) is 21.6. The van der Waals surface area contributed by atoms with Crippen LogP contribution in [0.4, 0.5) is 17.1 Å². The standard InChI is InChI=1S/C25H28N4O2/c1-28(21-14-16-26-17-15-21)22-12-13-24(29(30)31)23(18-22)27-25(19-8-4-2-5-9-19)20-10-6-3-7-11-20/h2-13,18,21,25-27H,14-17H2,1H3. The molecular formula is C25H28N4O2. The van der Waals surface area contributed by atoms with Crippen molar-refractivity contribution in [1.29, 1.82) is 0 Å². The molecule has 0 aromatic heterocycles. The Hall–Kier alpha value is -3.38. The van der Waals surface area contributed by atoms with Crippen molar-refractivity contribution in [2.24, 2.45) is 0 Å². The minimum absolute atomic E-state index is 0.0827. The first kappa shape index (κ1) is 20.9. The van der Waals surface area contributed by atoms with Crippen LogP contribution in [0.25, 0.3) is 0 Å². The van der Waals surface area contributed by atoms with E-state index in [9.17, 15) is 10.1 Å². The van der Waals surface area contributed by atoms with Gasteiger partial charge in [0.2, 0.25) is 0 Å². The lowest BCUT2D eigenvalue weighted by Gasteiger charge is -2.33. The molecule has 1 saturated heterocycles. The third-order valence-electron chi connectivity index (χ3n) is 6.01. The maximum atomic E-state index is 11.8. The Morgan fingerprint density at radius 1 is 0.968 bits per heavy atom. The third-order valence-corrected chi connectivity index (χ3v) is 6.01. The molecule has 1 heterocycles. The van der Waals surface area contributed by atoms with Gasteiger partial charge in [-0.15, -0.1) is 0 Å². The second-order valence-corrected chi connectivity index (χ2v) is 7.95. The van der Waals surface area contributed by atoms with Crippen LogP contribution in [0.15, 0.2) is 78.9 Å². The number of hydrogen-bond donors (Lipinski definition) is 2. The SMILES string of the molecule is CN(c1ccc([N+](=O)[O-])c(NC(c2ccccc2)c2ccccc2)c1)C1CCNCC1. The molecule has 1 fully saturated rings. The van der Waals surface area contributed by atoms with Crippen LogP contribution < -0.4 is 15.5 Å². The van der Waals surface area contributed by atoms with Crippen LogP contribution in [0.1, 0.15) is 30.0 Å². The van der Waals surface area contributed by atoms with Crippen molar-refractivity contribution in [3.05, 3.63) is 100 Å². The molecule has 31 heavy (non-hydrogen) atoms. The van der Waals surface area contributed by atoms with E-state index in [4.69, 9.17) is 0 Å². The summed E-state index contributed by atoms with van der Waals surface area (Å²) in [7, 11) is 2.08. The highest BCUT2D eigenvalue weighted by molar-refractivity contribution is 5.70. The summed E-state index contributed by atoms with van der Waals surface area (Å²) in [6.45, 7) is 1.99. The van der Waals surface area contributed by atoms with Crippen molar-refractivity contribution in [2.45, 2.75) is 24.9 Å². The summed E-state index contributed by atoms with van der Waals surface area (Å²) in [5.74, 6) is 0. The van der Waals surface area contributed by atoms with E-state index in [1.54, 1.807) is 6.07 Å². The molecule has 3 aromatic rings. The van der Waals surface area contributed by atoms with Gasteiger partial charge in [-0.2, -0.15) is 0 Å². The second-order valence-electron chi connectivity index (χ2n) is 7.95. The van der Waals surface area contributed by atoms with Crippen LogP contribution in [0.2, 0.25) is 0 Å². The van der Waals surface area contributed by atoms with Gasteiger partial charge < -0.3 is 15.5 Å². The quantitative estimate of drug-likeness (QED) is 0.420. The first-order valence-corrected chi connectivity index (χ1v) is 10.7. The first-order chi connectivity index (χ1) is 15.1. The molecule has 0 bridgehead atoms. The van der Waals surface area contributed by atoms with E-state index in [-0.39, 0.29) is 16.7 Å². The van der Waals surface area contributed by atoms with Crippen LogP contribution in [0.3, 0.4) is 0 Å². The zero-order valence-corrected chi connectivity index (χ0v) is 17.7. The highest BCUT2D eigenvalue weighted by atomic mass is 16.6. The summed E-state index contributed by atoms with van der Waals surface area (Å²) in [6.07, 6.45) is 2.12. The lowest BCUT2D eigenvalue weighted by molar-refractivity contribution is -0.384. The van der Waals surface area contributed by atoms with Gasteiger partial charge in [0.25, 0.3) is 5.69 Å². The molecule has 0 amide bonds. The van der Waals surface area contributed by atoms with E-state index in [1.165, 1.54) is 0 Å². The summed E-state index contributed by atoms with van der Waals surface area (Å²) in [5, 5.41) is 18.7. The summed E-state index contributed by atoms with van der Waals surface area (Å²) in [4.78, 5) is 13.7. The van der Waals surface area contributed by atoms with Crippen LogP contribution in [0, 0.1) is 10.1 Å². The molecule has 160 valence electrons. The minimum atomic E-state index is -0.316. The second kappa shape index (κ2) is 9.62. The molecule has 6 heteroatoms. The lowest BCUT2D eigenvalue weighted by atomic mass is 9.98. The highest BCUT2D eigenvalue weighted by Crippen LogP contribution is 2.35. The molecule has 0 saturated carbocycles. The van der Waals surface area contributed by atoms with Gasteiger partial charge in [-0.05, 0) is 49.2 Å². The molecule has 0 aliphatic carbocycles. The first-order valence-electron chi connectivity index (χ1n) is 10.7. The monoisotopic (exact) mass is 416 g/mol. The number of nitro benzene ring substituents is 1. The van der Waals surface area contributed by atoms with Gasteiger partial charge in [0, 0.05) is 24.8 Å². The summed E-state index contributed by atoms with van der Waals surface area (Å²) < 4.78 is 0. The fourth-order valence-electron chi connectivity index (χ4n) is 4.23. The summed E-state index contributed by atoms with van der Waals surface area (Å²) >= 11 is 0. The van der Waals surface area contributed by atoms with Crippen molar-refractivity contribution in [3.63, 3.8) is 0 Å². The van der Waals surface area contributed by atoms with E-state index in [0.29, 0.717) is 11.7 Å². The predicted octanol–water partition coefficient (Wildman–Crippen LogP) is 4.98. The molecule has 0 atom stereocenters. The van der Waals surface area contributed by atoms with E-state index >= 15 is 0 Å². The van der Waals surface area contributed by atoms with Gasteiger partial charge in [-0.25, -0.2) is 0 Å². The molecule has 0 unspecified atom stereocenters. The Labute approximate surface area is 183 Å². The molecule has 1 aliphatic rings. The van der Waals surface area contributed by atoms with E-state index in [0.717, 1.165) is 42.7 Å². The third kappa shape index (κ3) is 4.86. The van der Waals surface area contributed by atoms with Crippen LogP contribution >= 0.6 is 0 Å². The highest BCUT2D eigenvalue weighted by Gasteiger charge is 2.23. The van der Waals surface area contributed by atoms with Crippen molar-refractivity contribution in [3.8, 4) is 0 Å². The Kier molecular flexibility index (Phi) is 6.48. The van der Waals surface area contributed by atoms with Gasteiger partial charge >= 0.3 is 0 Å². The van der Waals surface area contributed by atoms with Gasteiger partial charge in [0.05, 0.1) is 11.0 Å². The molecule has 2 N–H and O–H groups in total. The van der Waals surface area contributed by atoms with Gasteiger partial charge in [0.15, 0.2) is 0 Å². The fraction of sp³-hybridized carbons (Fsp3) is 0.280. The number of hydrogen-bond acceptors (Lipinski definition) is 5. The maximum Gasteiger partial charge on any atom is 0.292 e. The molecule has 1 aliphatic heterocycles. The number of benzene rings is 3. The minimum Gasteiger partial charge on any atom is -0.371 e. The Morgan fingerprint density at radius 3 is 2.10 bits per heavy atom. The van der Waals surface area contributed by atoms with Crippen molar-refractivity contribution >= 4 is 17.1 Å². The average Bonchev–Trinajstić information content (AvgIpc) is 2.83. The van der Waals surface area contributed by atoms with Crippen LogP contribution in [-0.2, 0) is 0 Å². The van der Waals surface area contributed by atoms with Crippen molar-refractivity contribution in [1.82, 2.24) is 5.32 Å². The Bertz CT molecular complexity index is 965. The van der Waals surface area contributed by atoms with E-state index < -0.39 is 0 Å². The fourth-order valence-corrected chi connectivity index (χ4v) is 4.23. The molecule has 6 nitrogen and oxygen atoms in total. The molecule has 3 aromatic carbocycles. The number of nitrogens with zero attached hydrogens (tertiary/aromatic N) is 2. The molecule has 0 spiro atoms. The number of nitro groups is 1. The number of piperidine rings is 1. The van der Waals surface area contributed by atoms with Crippen molar-refractivity contribution in [2.75, 3.05) is 30.4 Å². The smallest absolute Gasteiger partial charge is 0.292 e. The predicted molar refractivity (Wildman–Crippen MR) is 126 cm³/mol. The van der Waals surface area contributed by atoms with Gasteiger partial charge in [0.1, 0.15) is 5.69 Å². The number of nitrogens with one attached hydrogen (secondary N) is 2. The van der Waals surface area contributed by atoms with Gasteiger partial charge in [-0.3, -0.25) is 10.1 Å². The Morgan fingerprint density at radius 2 is 1.55 bits per heavy atom. The van der Waals surface area contributed by atoms with Gasteiger partial charge in [-0.1, -0.05) is 60.7 Å². The Balaban J connectivity index is 1.71. The lowest BCUT2D eigenvalue weighted by Crippen LogP contribution is -2.41. The van der Waals surface area contributed by atoms with E-state index in [2.05, 4.69) is 22.6 Å². The summed E-state index contributed by atoms with van der Waals surface area (Å²) in [5.41, 5.74) is 3.71. The topological polar surface area (TPSA) is 70.4 Å². The van der Waals surface area contributed by atoms with Crippen LogP contribution in [0.5, 0.6) is 0 Å². The molecule has 4 rings (SSSR count). The maximum absolute atomic E-state index is 11.8. The number of rotatable bonds is 7. The summed E-state index contributed by atoms with van der Waals surface area (Å²) in [6, 6.07) is 25.7. The zero-order valence-electron chi connectivity index (χ0n) is 17.7. The van der Waals surface area contributed by atoms with Crippen LogP contribution in [-0.4, -0.2) is 31.1 Å². The van der Waals surface area contributed by atoms with Crippen molar-refractivity contribution < 1.29 is 4.92 Å². The average molecular weight is 417 g/mol. The largest absolute Gasteiger partial charge is 0.371 e. The van der Waals surface area contributed by atoms with E-state index in [1.807, 2.05) is 72.8 Å². The molecular weight excluding hydrogens is 388 g/mol. The normalized spacial score (nSPS) is 14.4. The number of anilines is 2. The molecule has 0 radical (unpaired) electrons.